The molecule has 1 saturated carbocycles. The van der Waals surface area contributed by atoms with Crippen molar-refractivity contribution in [2.75, 3.05) is 0 Å². The second-order valence-corrected chi connectivity index (χ2v) is 7.06. The van der Waals surface area contributed by atoms with Crippen molar-refractivity contribution < 1.29 is 9.50 Å². The molecule has 1 aliphatic rings. The molecule has 1 fully saturated rings. The quantitative estimate of drug-likeness (QED) is 0.850. The predicted octanol–water partition coefficient (Wildman–Crippen LogP) is 4.64. The van der Waals surface area contributed by atoms with Crippen LogP contribution in [-0.4, -0.2) is 10.7 Å². The van der Waals surface area contributed by atoms with Crippen LogP contribution in [0.25, 0.3) is 0 Å². The molecule has 1 aliphatic carbocycles. The van der Waals surface area contributed by atoms with E-state index in [-0.39, 0.29) is 5.82 Å². The van der Waals surface area contributed by atoms with Crippen LogP contribution in [0.2, 0.25) is 0 Å². The standard InChI is InChI=1S/C18H27FO/c1-13(2)9-15-5-4-8-18(20,11-15)12-16-10-17(19)7-6-14(16)3/h6-7,10,13,15,20H,4-5,8-9,11-12H2,1-3H3. The van der Waals surface area contributed by atoms with E-state index in [2.05, 4.69) is 13.8 Å². The first kappa shape index (κ1) is 15.5. The van der Waals surface area contributed by atoms with E-state index in [0.717, 1.165) is 30.4 Å². The first-order chi connectivity index (χ1) is 9.38. The summed E-state index contributed by atoms with van der Waals surface area (Å²) in [5, 5.41) is 10.9. The molecule has 2 atom stereocenters. The minimum atomic E-state index is -0.642. The van der Waals surface area contributed by atoms with Gasteiger partial charge in [-0.3, -0.25) is 0 Å². The Hall–Kier alpha value is -0.890. The minimum Gasteiger partial charge on any atom is -0.390 e. The highest BCUT2D eigenvalue weighted by Crippen LogP contribution is 2.38. The summed E-state index contributed by atoms with van der Waals surface area (Å²) in [7, 11) is 0. The highest BCUT2D eigenvalue weighted by Gasteiger charge is 2.34. The molecule has 0 heterocycles. The molecule has 20 heavy (non-hydrogen) atoms. The largest absolute Gasteiger partial charge is 0.390 e. The lowest BCUT2D eigenvalue weighted by atomic mass is 9.72. The zero-order valence-electron chi connectivity index (χ0n) is 13.0. The Morgan fingerprint density at radius 1 is 1.40 bits per heavy atom. The highest BCUT2D eigenvalue weighted by atomic mass is 19.1. The predicted molar refractivity (Wildman–Crippen MR) is 81.2 cm³/mol. The molecule has 2 unspecified atom stereocenters. The molecule has 0 aliphatic heterocycles. The lowest BCUT2D eigenvalue weighted by Gasteiger charge is -2.38. The highest BCUT2D eigenvalue weighted by molar-refractivity contribution is 5.28. The average molecular weight is 278 g/mol. The second-order valence-electron chi connectivity index (χ2n) is 7.06. The van der Waals surface area contributed by atoms with Crippen LogP contribution in [0.5, 0.6) is 0 Å². The van der Waals surface area contributed by atoms with Crippen molar-refractivity contribution in [3.8, 4) is 0 Å². The molecule has 0 amide bonds. The van der Waals surface area contributed by atoms with Crippen LogP contribution >= 0.6 is 0 Å². The van der Waals surface area contributed by atoms with E-state index in [1.165, 1.54) is 18.9 Å². The summed E-state index contributed by atoms with van der Waals surface area (Å²) >= 11 is 0. The van der Waals surface area contributed by atoms with Gasteiger partial charge in [0.25, 0.3) is 0 Å². The van der Waals surface area contributed by atoms with Crippen molar-refractivity contribution in [3.63, 3.8) is 0 Å². The summed E-state index contributed by atoms with van der Waals surface area (Å²) in [5.74, 6) is 1.09. The van der Waals surface area contributed by atoms with Gasteiger partial charge >= 0.3 is 0 Å². The van der Waals surface area contributed by atoms with Crippen LogP contribution < -0.4 is 0 Å². The van der Waals surface area contributed by atoms with Gasteiger partial charge in [-0.05, 0) is 61.3 Å². The summed E-state index contributed by atoms with van der Waals surface area (Å²) in [5.41, 5.74) is 1.39. The topological polar surface area (TPSA) is 20.2 Å². The normalized spacial score (nSPS) is 27.0. The maximum absolute atomic E-state index is 13.4. The maximum Gasteiger partial charge on any atom is 0.123 e. The Labute approximate surface area is 122 Å². The Balaban J connectivity index is 2.08. The Morgan fingerprint density at radius 2 is 2.15 bits per heavy atom. The summed E-state index contributed by atoms with van der Waals surface area (Å²) in [4.78, 5) is 0. The van der Waals surface area contributed by atoms with Crippen LogP contribution in [0.15, 0.2) is 18.2 Å². The van der Waals surface area contributed by atoms with Gasteiger partial charge in [-0.1, -0.05) is 32.8 Å². The molecule has 1 nitrogen and oxygen atoms in total. The van der Waals surface area contributed by atoms with E-state index in [4.69, 9.17) is 0 Å². The minimum absolute atomic E-state index is 0.205. The van der Waals surface area contributed by atoms with Gasteiger partial charge in [0.15, 0.2) is 0 Å². The lowest BCUT2D eigenvalue weighted by Crippen LogP contribution is -2.38. The first-order valence-corrected chi connectivity index (χ1v) is 7.85. The zero-order valence-corrected chi connectivity index (χ0v) is 13.0. The third kappa shape index (κ3) is 4.05. The van der Waals surface area contributed by atoms with Crippen LogP contribution in [0.1, 0.15) is 57.1 Å². The van der Waals surface area contributed by atoms with Gasteiger partial charge in [0, 0.05) is 6.42 Å². The summed E-state index contributed by atoms with van der Waals surface area (Å²) in [6, 6.07) is 4.88. The van der Waals surface area contributed by atoms with Crippen molar-refractivity contribution in [1.82, 2.24) is 0 Å². The smallest absolute Gasteiger partial charge is 0.123 e. The second kappa shape index (κ2) is 6.26. The molecule has 2 rings (SSSR count). The van der Waals surface area contributed by atoms with Crippen molar-refractivity contribution in [2.24, 2.45) is 11.8 Å². The Kier molecular flexibility index (Phi) is 4.85. The summed E-state index contributed by atoms with van der Waals surface area (Å²) in [6.45, 7) is 6.47. The van der Waals surface area contributed by atoms with Crippen LogP contribution in [0.3, 0.4) is 0 Å². The molecule has 1 aromatic carbocycles. The zero-order chi connectivity index (χ0) is 14.8. The number of aryl methyl sites for hydroxylation is 1. The molecular formula is C18H27FO. The van der Waals surface area contributed by atoms with Crippen LogP contribution in [0, 0.1) is 24.6 Å². The maximum atomic E-state index is 13.4. The number of halogens is 1. The van der Waals surface area contributed by atoms with E-state index >= 15 is 0 Å². The number of hydrogen-bond donors (Lipinski definition) is 1. The molecule has 0 spiro atoms. The van der Waals surface area contributed by atoms with Gasteiger partial charge in [-0.15, -0.1) is 0 Å². The van der Waals surface area contributed by atoms with E-state index in [1.807, 2.05) is 13.0 Å². The van der Waals surface area contributed by atoms with Crippen LogP contribution in [-0.2, 0) is 6.42 Å². The molecule has 0 bridgehead atoms. The Morgan fingerprint density at radius 3 is 2.85 bits per heavy atom. The van der Waals surface area contributed by atoms with Gasteiger partial charge in [0.2, 0.25) is 0 Å². The number of aliphatic hydroxyl groups is 1. The summed E-state index contributed by atoms with van der Waals surface area (Å²) < 4.78 is 13.4. The van der Waals surface area contributed by atoms with Crippen molar-refractivity contribution >= 4 is 0 Å². The van der Waals surface area contributed by atoms with E-state index < -0.39 is 5.60 Å². The van der Waals surface area contributed by atoms with Crippen molar-refractivity contribution in [3.05, 3.63) is 35.1 Å². The molecule has 0 aromatic heterocycles. The number of rotatable bonds is 4. The molecular weight excluding hydrogens is 251 g/mol. The van der Waals surface area contributed by atoms with E-state index in [0.29, 0.717) is 18.3 Å². The molecule has 1 N–H and O–H groups in total. The lowest BCUT2D eigenvalue weighted by molar-refractivity contribution is -0.0190. The molecule has 112 valence electrons. The number of hydrogen-bond acceptors (Lipinski definition) is 1. The van der Waals surface area contributed by atoms with Crippen LogP contribution in [0.4, 0.5) is 4.39 Å². The molecule has 2 heteroatoms. The molecule has 1 aromatic rings. The van der Waals surface area contributed by atoms with Gasteiger partial charge in [0.1, 0.15) is 5.82 Å². The SMILES string of the molecule is Cc1ccc(F)cc1CC1(O)CCCC(CC(C)C)C1. The monoisotopic (exact) mass is 278 g/mol. The van der Waals surface area contributed by atoms with Crippen molar-refractivity contribution in [1.29, 1.82) is 0 Å². The fourth-order valence-electron chi connectivity index (χ4n) is 3.67. The number of benzene rings is 1. The van der Waals surface area contributed by atoms with Gasteiger partial charge in [-0.25, -0.2) is 4.39 Å². The van der Waals surface area contributed by atoms with Crippen molar-refractivity contribution in [2.45, 2.75) is 64.9 Å². The fraction of sp³-hybridized carbons (Fsp3) is 0.667. The third-order valence-electron chi connectivity index (χ3n) is 4.56. The van der Waals surface area contributed by atoms with Gasteiger partial charge < -0.3 is 5.11 Å². The average Bonchev–Trinajstić information content (AvgIpc) is 2.32. The van der Waals surface area contributed by atoms with Gasteiger partial charge in [-0.2, -0.15) is 0 Å². The summed E-state index contributed by atoms with van der Waals surface area (Å²) in [6.07, 6.45) is 5.79. The van der Waals surface area contributed by atoms with E-state index in [9.17, 15) is 9.50 Å². The Bertz CT molecular complexity index is 455. The fourth-order valence-corrected chi connectivity index (χ4v) is 3.67. The molecule has 0 saturated heterocycles. The third-order valence-corrected chi connectivity index (χ3v) is 4.56. The van der Waals surface area contributed by atoms with E-state index in [1.54, 1.807) is 6.07 Å². The van der Waals surface area contributed by atoms with Gasteiger partial charge in [0.05, 0.1) is 5.60 Å². The first-order valence-electron chi connectivity index (χ1n) is 7.85. The molecule has 0 radical (unpaired) electrons.